The van der Waals surface area contributed by atoms with Gasteiger partial charge in [-0.3, -0.25) is 4.79 Å². The molecule has 0 aliphatic carbocycles. The van der Waals surface area contributed by atoms with Gasteiger partial charge in [0.25, 0.3) is 0 Å². The quantitative estimate of drug-likeness (QED) is 0.475. The molecule has 0 aliphatic rings. The molecule has 3 aromatic rings. The molecule has 0 radical (unpaired) electrons. The van der Waals surface area contributed by atoms with Crippen molar-refractivity contribution in [3.63, 3.8) is 0 Å². The topological polar surface area (TPSA) is 90.7 Å². The third-order valence-corrected chi connectivity index (χ3v) is 4.79. The van der Waals surface area contributed by atoms with Gasteiger partial charge in [-0.1, -0.05) is 35.5 Å². The van der Waals surface area contributed by atoms with E-state index in [0.717, 1.165) is 23.3 Å². The van der Waals surface area contributed by atoms with Crippen molar-refractivity contribution >= 4 is 51.7 Å². The third-order valence-electron chi connectivity index (χ3n) is 3.63. The number of benzene rings is 2. The molecule has 1 aromatic heterocycles. The van der Waals surface area contributed by atoms with Crippen LogP contribution in [0.5, 0.6) is 0 Å². The van der Waals surface area contributed by atoms with E-state index in [1.54, 1.807) is 18.2 Å². The maximum atomic E-state index is 12.2. The molecule has 27 heavy (non-hydrogen) atoms. The lowest BCUT2D eigenvalue weighted by atomic mass is 10.2. The Kier molecular flexibility index (Phi) is 6.12. The highest BCUT2D eigenvalue weighted by molar-refractivity contribution is 7.99. The largest absolute Gasteiger partial charge is 0.370 e. The standard InChI is InChI=1S/C19H16ClN5OS/c1-2-22-18-14-5-3-4-6-16(14)24-19(25-18)27-11-17(26)23-13-8-7-12(10-21)15(20)9-13/h3-9H,2,11H2,1H3,(H,23,26)(H,22,24,25). The Balaban J connectivity index is 1.70. The van der Waals surface area contributed by atoms with Crippen molar-refractivity contribution in [3.05, 3.63) is 53.1 Å². The van der Waals surface area contributed by atoms with Crippen molar-refractivity contribution in [3.8, 4) is 6.07 Å². The second kappa shape index (κ2) is 8.71. The zero-order chi connectivity index (χ0) is 19.2. The van der Waals surface area contributed by atoms with E-state index < -0.39 is 0 Å². The van der Waals surface area contributed by atoms with Crippen molar-refractivity contribution in [2.45, 2.75) is 12.1 Å². The second-order valence-corrected chi connectivity index (χ2v) is 6.90. The molecule has 2 aromatic carbocycles. The number of halogens is 1. The normalized spacial score (nSPS) is 10.4. The van der Waals surface area contributed by atoms with Crippen LogP contribution in [0, 0.1) is 11.3 Å². The van der Waals surface area contributed by atoms with E-state index >= 15 is 0 Å². The van der Waals surface area contributed by atoms with Gasteiger partial charge in [-0.05, 0) is 37.3 Å². The Bertz CT molecular complexity index is 1030. The summed E-state index contributed by atoms with van der Waals surface area (Å²) in [4.78, 5) is 21.2. The van der Waals surface area contributed by atoms with E-state index in [-0.39, 0.29) is 11.7 Å². The Labute approximate surface area is 166 Å². The fraction of sp³-hybridized carbons (Fsp3) is 0.158. The van der Waals surface area contributed by atoms with E-state index in [4.69, 9.17) is 16.9 Å². The highest BCUT2D eigenvalue weighted by atomic mass is 35.5. The molecule has 3 rings (SSSR count). The molecule has 0 spiro atoms. The van der Waals surface area contributed by atoms with Crippen molar-refractivity contribution in [2.24, 2.45) is 0 Å². The number of carbonyl (C=O) groups is 1. The van der Waals surface area contributed by atoms with Gasteiger partial charge in [-0.2, -0.15) is 5.26 Å². The lowest BCUT2D eigenvalue weighted by molar-refractivity contribution is -0.113. The number of aromatic nitrogens is 2. The summed E-state index contributed by atoms with van der Waals surface area (Å²) in [7, 11) is 0. The van der Waals surface area contributed by atoms with Crippen molar-refractivity contribution in [2.75, 3.05) is 22.9 Å². The third kappa shape index (κ3) is 4.67. The molecule has 0 aliphatic heterocycles. The molecule has 0 saturated heterocycles. The summed E-state index contributed by atoms with van der Waals surface area (Å²) < 4.78 is 0. The van der Waals surface area contributed by atoms with Gasteiger partial charge in [0.05, 0.1) is 21.9 Å². The first-order valence-corrected chi connectivity index (χ1v) is 9.60. The number of anilines is 2. The fourth-order valence-electron chi connectivity index (χ4n) is 2.43. The zero-order valence-electron chi connectivity index (χ0n) is 14.5. The number of amides is 1. The number of thioether (sulfide) groups is 1. The number of para-hydroxylation sites is 1. The highest BCUT2D eigenvalue weighted by Gasteiger charge is 2.10. The molecule has 0 fully saturated rings. The number of carbonyl (C=O) groups excluding carboxylic acids is 1. The molecular formula is C19H16ClN5OS. The summed E-state index contributed by atoms with van der Waals surface area (Å²) >= 11 is 7.24. The van der Waals surface area contributed by atoms with Crippen LogP contribution in [-0.2, 0) is 4.79 Å². The number of hydrogen-bond acceptors (Lipinski definition) is 6. The summed E-state index contributed by atoms with van der Waals surface area (Å²) in [5.74, 6) is 0.703. The fourth-order valence-corrected chi connectivity index (χ4v) is 3.31. The Hall–Kier alpha value is -2.82. The van der Waals surface area contributed by atoms with E-state index in [1.807, 2.05) is 37.3 Å². The predicted octanol–water partition coefficient (Wildman–Crippen LogP) is 4.32. The van der Waals surface area contributed by atoms with Gasteiger partial charge in [-0.25, -0.2) is 9.97 Å². The van der Waals surface area contributed by atoms with Gasteiger partial charge >= 0.3 is 0 Å². The summed E-state index contributed by atoms with van der Waals surface area (Å²) in [6.45, 7) is 2.74. The van der Waals surface area contributed by atoms with Gasteiger partial charge < -0.3 is 10.6 Å². The Morgan fingerprint density at radius 1 is 1.26 bits per heavy atom. The van der Waals surface area contributed by atoms with Crippen molar-refractivity contribution in [1.82, 2.24) is 9.97 Å². The van der Waals surface area contributed by atoms with Crippen LogP contribution in [0.4, 0.5) is 11.5 Å². The number of fused-ring (bicyclic) bond motifs is 1. The molecule has 0 atom stereocenters. The SMILES string of the molecule is CCNc1nc(SCC(=O)Nc2ccc(C#N)c(Cl)c2)nc2ccccc12. The molecule has 0 unspecified atom stereocenters. The van der Waals surface area contributed by atoms with E-state index in [0.29, 0.717) is 21.4 Å². The molecule has 8 heteroatoms. The smallest absolute Gasteiger partial charge is 0.234 e. The summed E-state index contributed by atoms with van der Waals surface area (Å²) in [5.41, 5.74) is 1.73. The lowest BCUT2D eigenvalue weighted by Gasteiger charge is -2.09. The van der Waals surface area contributed by atoms with Gasteiger partial charge in [0.15, 0.2) is 5.16 Å². The predicted molar refractivity (Wildman–Crippen MR) is 109 cm³/mol. The van der Waals surface area contributed by atoms with Gasteiger partial charge in [0.2, 0.25) is 5.91 Å². The van der Waals surface area contributed by atoms with Gasteiger partial charge in [-0.15, -0.1) is 0 Å². The van der Waals surface area contributed by atoms with E-state index in [2.05, 4.69) is 20.6 Å². The van der Waals surface area contributed by atoms with Crippen LogP contribution < -0.4 is 10.6 Å². The van der Waals surface area contributed by atoms with Crippen LogP contribution in [0.1, 0.15) is 12.5 Å². The first-order chi connectivity index (χ1) is 13.1. The monoisotopic (exact) mass is 397 g/mol. The number of hydrogen-bond donors (Lipinski definition) is 2. The van der Waals surface area contributed by atoms with E-state index in [9.17, 15) is 4.79 Å². The van der Waals surface area contributed by atoms with Crippen molar-refractivity contribution in [1.29, 1.82) is 5.26 Å². The summed E-state index contributed by atoms with van der Waals surface area (Å²) in [6, 6.07) is 14.5. The van der Waals surface area contributed by atoms with Crippen LogP contribution in [-0.4, -0.2) is 28.2 Å². The second-order valence-electron chi connectivity index (χ2n) is 5.55. The molecule has 6 nitrogen and oxygen atoms in total. The minimum Gasteiger partial charge on any atom is -0.370 e. The molecule has 1 heterocycles. The minimum absolute atomic E-state index is 0.154. The summed E-state index contributed by atoms with van der Waals surface area (Å²) in [5, 5.41) is 16.7. The van der Waals surface area contributed by atoms with Gasteiger partial charge in [0, 0.05) is 17.6 Å². The van der Waals surface area contributed by atoms with Crippen LogP contribution in [0.3, 0.4) is 0 Å². The average Bonchev–Trinajstić information content (AvgIpc) is 2.67. The van der Waals surface area contributed by atoms with E-state index in [1.165, 1.54) is 11.8 Å². The zero-order valence-corrected chi connectivity index (χ0v) is 16.1. The highest BCUT2D eigenvalue weighted by Crippen LogP contribution is 2.25. The van der Waals surface area contributed by atoms with Crippen molar-refractivity contribution < 1.29 is 4.79 Å². The van der Waals surface area contributed by atoms with Crippen LogP contribution >= 0.6 is 23.4 Å². The maximum absolute atomic E-state index is 12.2. The molecule has 2 N–H and O–H groups in total. The number of nitriles is 1. The lowest BCUT2D eigenvalue weighted by Crippen LogP contribution is -2.14. The molecule has 0 saturated carbocycles. The van der Waals surface area contributed by atoms with Crippen LogP contribution in [0.15, 0.2) is 47.6 Å². The molecule has 0 bridgehead atoms. The van der Waals surface area contributed by atoms with Gasteiger partial charge in [0.1, 0.15) is 11.9 Å². The van der Waals surface area contributed by atoms with Crippen LogP contribution in [0.2, 0.25) is 5.02 Å². The van der Waals surface area contributed by atoms with Crippen LogP contribution in [0.25, 0.3) is 10.9 Å². The molecule has 136 valence electrons. The summed E-state index contributed by atoms with van der Waals surface area (Å²) in [6.07, 6.45) is 0. The first kappa shape index (κ1) is 19.0. The average molecular weight is 398 g/mol. The number of rotatable bonds is 6. The first-order valence-electron chi connectivity index (χ1n) is 8.23. The molecule has 1 amide bonds. The Morgan fingerprint density at radius 2 is 2.07 bits per heavy atom. The Morgan fingerprint density at radius 3 is 2.81 bits per heavy atom. The number of nitrogens with one attached hydrogen (secondary N) is 2. The molecular weight excluding hydrogens is 382 g/mol. The number of nitrogens with zero attached hydrogens (tertiary/aromatic N) is 3. The maximum Gasteiger partial charge on any atom is 0.234 e. The minimum atomic E-state index is -0.206.